The molecule has 7 nitrogen and oxygen atoms in total. The molecule has 0 aliphatic heterocycles. The Balaban J connectivity index is 0. The summed E-state index contributed by atoms with van der Waals surface area (Å²) in [6.45, 7) is 1.24. The Labute approximate surface area is 115 Å². The number of quaternary nitrogens is 1. The Hall–Kier alpha value is -0.110. The first-order valence-electron chi connectivity index (χ1n) is 5.91. The van der Waals surface area contributed by atoms with Gasteiger partial charge < -0.3 is 34.9 Å². The number of likely N-dealkylation sites (N-methyl/N-ethyl adjacent to an activating group) is 1. The maximum absolute atomic E-state index is 11.4. The van der Waals surface area contributed by atoms with E-state index in [0.29, 0.717) is 4.48 Å². The Morgan fingerprint density at radius 2 is 1.58 bits per heavy atom. The number of aliphatic hydroxyl groups excluding tert-OH is 5. The van der Waals surface area contributed by atoms with Crippen molar-refractivity contribution >= 4 is 13.3 Å². The predicted octanol–water partition coefficient (Wildman–Crippen LogP) is -2.34. The summed E-state index contributed by atoms with van der Waals surface area (Å²) in [4.78, 5) is 11.4. The lowest BCUT2D eigenvalue weighted by Crippen LogP contribution is -2.40. The van der Waals surface area contributed by atoms with Crippen LogP contribution in [0.5, 0.6) is 0 Å². The van der Waals surface area contributed by atoms with Gasteiger partial charge in [0.05, 0.1) is 48.2 Å². The summed E-state index contributed by atoms with van der Waals surface area (Å²) in [5.41, 5.74) is -0.111. The number of rotatable bonds is 6. The van der Waals surface area contributed by atoms with Crippen LogP contribution in [0.1, 0.15) is 6.92 Å². The van der Waals surface area contributed by atoms with E-state index in [0.717, 1.165) is 0 Å². The zero-order valence-electron chi connectivity index (χ0n) is 12.0. The molecule has 0 aliphatic carbocycles. The van der Waals surface area contributed by atoms with Crippen molar-refractivity contribution in [3.8, 4) is 0 Å². The lowest BCUT2D eigenvalue weighted by molar-refractivity contribution is -0.861. The molecule has 0 saturated carbocycles. The molecule has 0 saturated heterocycles. The van der Waals surface area contributed by atoms with Crippen molar-refractivity contribution in [1.82, 2.24) is 0 Å². The van der Waals surface area contributed by atoms with E-state index in [2.05, 4.69) is 0 Å². The second-order valence-electron chi connectivity index (χ2n) is 5.29. The van der Waals surface area contributed by atoms with Crippen LogP contribution in [0.15, 0.2) is 0 Å². The largest absolute Gasteiger partial charge is 0.628 e. The molecular weight excluding hydrogens is 273 g/mol. The fourth-order valence-electron chi connectivity index (χ4n) is 0.858. The summed E-state index contributed by atoms with van der Waals surface area (Å²) in [6, 6.07) is 0. The van der Waals surface area contributed by atoms with Crippen LogP contribution >= 0.6 is 7.77 Å². The third kappa shape index (κ3) is 15.8. The van der Waals surface area contributed by atoms with Gasteiger partial charge in [0.15, 0.2) is 6.54 Å². The summed E-state index contributed by atoms with van der Waals surface area (Å²) in [5, 5.41) is 43.0. The summed E-state index contributed by atoms with van der Waals surface area (Å²) in [7, 11) is 3.63. The Bertz CT molecular complexity index is 264. The molecular formula is C11H27NO6P+. The SMILES string of the molecule is CC(O)CO.C[N+](C)(C)C/C(O)=[P+](\[O-])CC(O)CO. The highest BCUT2D eigenvalue weighted by molar-refractivity contribution is 7.51. The van der Waals surface area contributed by atoms with Gasteiger partial charge >= 0.3 is 0 Å². The van der Waals surface area contributed by atoms with Crippen LogP contribution in [-0.2, 0) is 0 Å². The maximum Gasteiger partial charge on any atom is 0.274 e. The maximum atomic E-state index is 11.4. The van der Waals surface area contributed by atoms with Gasteiger partial charge in [-0.05, 0) is 6.92 Å². The lowest BCUT2D eigenvalue weighted by atomic mass is 10.4. The van der Waals surface area contributed by atoms with Crippen molar-refractivity contribution in [2.45, 2.75) is 19.1 Å². The normalized spacial score (nSPS) is 16.1. The standard InChI is InChI=1S/C8H18NO4P.C3H8O2/c1-9(2,3)4-8(12)14(13)6-7(11)5-10;1-3(5)2-4/h7,10-11H,4-6H2,1-3H3;3-5H,2H2,1H3/p+1. The average molecular weight is 300 g/mol. The van der Waals surface area contributed by atoms with Crippen molar-refractivity contribution in [3.05, 3.63) is 0 Å². The molecule has 0 radical (unpaired) electrons. The molecule has 19 heavy (non-hydrogen) atoms. The summed E-state index contributed by atoms with van der Waals surface area (Å²) in [6.07, 6.45) is -1.67. The van der Waals surface area contributed by atoms with Crippen LogP contribution in [0.3, 0.4) is 0 Å². The second-order valence-corrected chi connectivity index (χ2v) is 6.93. The van der Waals surface area contributed by atoms with Crippen molar-refractivity contribution in [2.75, 3.05) is 47.1 Å². The van der Waals surface area contributed by atoms with E-state index in [9.17, 15) is 10.00 Å². The zero-order valence-corrected chi connectivity index (χ0v) is 12.9. The molecule has 0 aromatic heterocycles. The molecule has 3 unspecified atom stereocenters. The number of aliphatic hydroxyl groups is 5. The van der Waals surface area contributed by atoms with Gasteiger partial charge in [-0.3, -0.25) is 0 Å². The molecule has 0 heterocycles. The molecule has 0 aromatic rings. The van der Waals surface area contributed by atoms with Crippen LogP contribution in [0, 0.1) is 0 Å². The molecule has 5 N–H and O–H groups in total. The van der Waals surface area contributed by atoms with Crippen molar-refractivity contribution < 1.29 is 34.9 Å². The highest BCUT2D eigenvalue weighted by Crippen LogP contribution is 2.15. The van der Waals surface area contributed by atoms with E-state index in [1.807, 2.05) is 21.1 Å². The predicted molar refractivity (Wildman–Crippen MR) is 73.5 cm³/mol. The molecule has 0 spiro atoms. The minimum Gasteiger partial charge on any atom is -0.628 e. The first-order valence-corrected chi connectivity index (χ1v) is 7.35. The average Bonchev–Trinajstić information content (AvgIpc) is 2.27. The first-order chi connectivity index (χ1) is 8.53. The Kier molecular flexibility index (Phi) is 11.9. The van der Waals surface area contributed by atoms with E-state index in [1.165, 1.54) is 6.92 Å². The Morgan fingerprint density at radius 1 is 1.16 bits per heavy atom. The van der Waals surface area contributed by atoms with Gasteiger partial charge in [0.1, 0.15) is 12.3 Å². The fraction of sp³-hybridized carbons (Fsp3) is 0.909. The highest BCUT2D eigenvalue weighted by atomic mass is 31.1. The summed E-state index contributed by atoms with van der Waals surface area (Å²) in [5.74, 6) is 0. The second kappa shape index (κ2) is 10.7. The summed E-state index contributed by atoms with van der Waals surface area (Å²) < 4.78 is 0.474. The lowest BCUT2D eigenvalue weighted by Gasteiger charge is -2.22. The third-order valence-corrected chi connectivity index (χ3v) is 3.23. The van der Waals surface area contributed by atoms with Crippen LogP contribution in [0.25, 0.3) is 0 Å². The smallest absolute Gasteiger partial charge is 0.274 e. The number of nitrogens with zero attached hydrogens (tertiary/aromatic N) is 1. The van der Waals surface area contributed by atoms with Crippen LogP contribution < -0.4 is 4.89 Å². The molecule has 0 rings (SSSR count). The van der Waals surface area contributed by atoms with Crippen LogP contribution in [-0.4, -0.2) is 94.8 Å². The molecule has 0 bridgehead atoms. The molecule has 0 amide bonds. The van der Waals surface area contributed by atoms with Gasteiger partial charge in [-0.1, -0.05) is 0 Å². The van der Waals surface area contributed by atoms with E-state index >= 15 is 0 Å². The van der Waals surface area contributed by atoms with E-state index in [-0.39, 0.29) is 24.8 Å². The summed E-state index contributed by atoms with van der Waals surface area (Å²) >= 11 is 0. The van der Waals surface area contributed by atoms with E-state index in [4.69, 9.17) is 20.4 Å². The fourth-order valence-corrected chi connectivity index (χ4v) is 2.15. The van der Waals surface area contributed by atoms with Gasteiger partial charge in [0, 0.05) is 0 Å². The number of hydrogen-bond donors (Lipinski definition) is 5. The van der Waals surface area contributed by atoms with Crippen LogP contribution in [0.4, 0.5) is 0 Å². The highest BCUT2D eigenvalue weighted by Gasteiger charge is 2.19. The van der Waals surface area contributed by atoms with Crippen molar-refractivity contribution in [1.29, 1.82) is 0 Å². The van der Waals surface area contributed by atoms with Crippen molar-refractivity contribution in [3.63, 3.8) is 0 Å². The Morgan fingerprint density at radius 3 is 1.84 bits per heavy atom. The number of hydrogen-bond acceptors (Lipinski definition) is 5. The van der Waals surface area contributed by atoms with Crippen LogP contribution in [0.2, 0.25) is 0 Å². The minimum absolute atomic E-state index is 0.0856. The van der Waals surface area contributed by atoms with E-state index in [1.54, 1.807) is 0 Å². The minimum atomic E-state index is -1.95. The third-order valence-electron chi connectivity index (χ3n) is 1.76. The topological polar surface area (TPSA) is 124 Å². The van der Waals surface area contributed by atoms with Gasteiger partial charge in [-0.25, -0.2) is 0 Å². The van der Waals surface area contributed by atoms with Gasteiger partial charge in [0.2, 0.25) is 0 Å². The quantitative estimate of drug-likeness (QED) is 0.277. The van der Waals surface area contributed by atoms with Gasteiger partial charge in [-0.15, -0.1) is 0 Å². The molecule has 0 aromatic carbocycles. The zero-order chi connectivity index (χ0) is 15.6. The monoisotopic (exact) mass is 300 g/mol. The molecule has 0 fully saturated rings. The van der Waals surface area contributed by atoms with Crippen molar-refractivity contribution in [2.24, 2.45) is 0 Å². The van der Waals surface area contributed by atoms with Gasteiger partial charge in [0.25, 0.3) is 5.48 Å². The molecule has 8 heteroatoms. The van der Waals surface area contributed by atoms with Gasteiger partial charge in [-0.2, -0.15) is 0 Å². The molecule has 0 aliphatic rings. The molecule has 3 atom stereocenters. The molecule has 116 valence electrons. The first kappa shape index (κ1) is 21.2. The van der Waals surface area contributed by atoms with E-state index < -0.39 is 26.6 Å².